The summed E-state index contributed by atoms with van der Waals surface area (Å²) < 4.78 is 32.3. The molecule has 1 aliphatic rings. The number of piperidine rings is 1. The van der Waals surface area contributed by atoms with E-state index in [9.17, 15) is 8.42 Å². The van der Waals surface area contributed by atoms with E-state index >= 15 is 0 Å². The van der Waals surface area contributed by atoms with Crippen molar-refractivity contribution in [1.29, 1.82) is 0 Å². The standard InChI is InChI=1S/C13H21NO4S2/c1-9-4-5-14(7-12(9)18-3)20(16,17)13-6-11(8-15)19-10(13)2/h6,9,12,15H,4-5,7-8H2,1-3H3. The average Bonchev–Trinajstić information content (AvgIpc) is 2.81. The monoisotopic (exact) mass is 319 g/mol. The fraction of sp³-hybridized carbons (Fsp3) is 0.692. The Morgan fingerprint density at radius 2 is 2.25 bits per heavy atom. The lowest BCUT2D eigenvalue weighted by Crippen LogP contribution is -2.46. The molecule has 0 aliphatic carbocycles. The predicted molar refractivity (Wildman–Crippen MR) is 78.3 cm³/mol. The lowest BCUT2D eigenvalue weighted by atomic mass is 9.97. The first-order chi connectivity index (χ1) is 9.40. The highest BCUT2D eigenvalue weighted by atomic mass is 32.2. The SMILES string of the molecule is COC1CN(S(=O)(=O)c2cc(CO)sc2C)CCC1C. The Labute approximate surface area is 124 Å². The van der Waals surface area contributed by atoms with E-state index in [1.54, 1.807) is 20.1 Å². The summed E-state index contributed by atoms with van der Waals surface area (Å²) in [5.74, 6) is 0.364. The minimum Gasteiger partial charge on any atom is -0.391 e. The molecule has 1 aliphatic heterocycles. The fourth-order valence-corrected chi connectivity index (χ4v) is 5.46. The molecule has 1 N–H and O–H groups in total. The largest absolute Gasteiger partial charge is 0.391 e. The van der Waals surface area contributed by atoms with Crippen molar-refractivity contribution in [3.63, 3.8) is 0 Å². The molecule has 7 heteroatoms. The van der Waals surface area contributed by atoms with Crippen molar-refractivity contribution in [1.82, 2.24) is 4.31 Å². The van der Waals surface area contributed by atoms with Crippen LogP contribution in [0, 0.1) is 12.8 Å². The molecule has 1 aromatic rings. The van der Waals surface area contributed by atoms with Gasteiger partial charge in [0.15, 0.2) is 0 Å². The molecule has 114 valence electrons. The first-order valence-electron chi connectivity index (χ1n) is 6.63. The Balaban J connectivity index is 2.28. The number of methoxy groups -OCH3 is 1. The van der Waals surface area contributed by atoms with Gasteiger partial charge in [0.05, 0.1) is 17.6 Å². The van der Waals surface area contributed by atoms with Crippen LogP contribution in [0.4, 0.5) is 0 Å². The second-order valence-corrected chi connectivity index (χ2v) is 8.44. The van der Waals surface area contributed by atoms with E-state index in [0.29, 0.717) is 28.8 Å². The van der Waals surface area contributed by atoms with Gasteiger partial charge in [-0.1, -0.05) is 6.92 Å². The highest BCUT2D eigenvalue weighted by Crippen LogP contribution is 2.31. The van der Waals surface area contributed by atoms with Crippen LogP contribution < -0.4 is 0 Å². The number of hydrogen-bond acceptors (Lipinski definition) is 5. The van der Waals surface area contributed by atoms with Crippen LogP contribution in [0.1, 0.15) is 23.1 Å². The first kappa shape index (κ1) is 15.9. The lowest BCUT2D eigenvalue weighted by Gasteiger charge is -2.35. The Kier molecular flexibility index (Phi) is 4.86. The van der Waals surface area contributed by atoms with Gasteiger partial charge in [0.25, 0.3) is 0 Å². The van der Waals surface area contributed by atoms with Gasteiger partial charge in [-0.05, 0) is 25.3 Å². The molecule has 2 rings (SSSR count). The van der Waals surface area contributed by atoms with Crippen molar-refractivity contribution in [3.05, 3.63) is 15.8 Å². The number of aliphatic hydroxyl groups excluding tert-OH is 1. The molecule has 5 nitrogen and oxygen atoms in total. The van der Waals surface area contributed by atoms with Gasteiger partial charge < -0.3 is 9.84 Å². The van der Waals surface area contributed by atoms with Crippen LogP contribution in [-0.4, -0.2) is 44.1 Å². The molecular formula is C13H21NO4S2. The molecule has 2 unspecified atom stereocenters. The maximum atomic E-state index is 12.7. The van der Waals surface area contributed by atoms with Gasteiger partial charge in [0, 0.05) is 30.0 Å². The lowest BCUT2D eigenvalue weighted by molar-refractivity contribution is 0.0184. The molecule has 1 saturated heterocycles. The van der Waals surface area contributed by atoms with E-state index in [1.165, 1.54) is 15.6 Å². The molecule has 0 radical (unpaired) electrons. The third-order valence-electron chi connectivity index (χ3n) is 3.85. The summed E-state index contributed by atoms with van der Waals surface area (Å²) in [5, 5.41) is 9.15. The molecule has 1 aromatic heterocycles. The molecule has 20 heavy (non-hydrogen) atoms. The molecule has 2 atom stereocenters. The molecule has 0 amide bonds. The van der Waals surface area contributed by atoms with E-state index in [0.717, 1.165) is 11.3 Å². The molecular weight excluding hydrogens is 298 g/mol. The normalized spacial score (nSPS) is 25.0. The number of ether oxygens (including phenoxy) is 1. The summed E-state index contributed by atoms with van der Waals surface area (Å²) >= 11 is 1.33. The predicted octanol–water partition coefficient (Wildman–Crippen LogP) is 1.59. The second kappa shape index (κ2) is 6.11. The van der Waals surface area contributed by atoms with E-state index in [-0.39, 0.29) is 12.7 Å². The van der Waals surface area contributed by atoms with Crippen LogP contribution in [0.2, 0.25) is 0 Å². The van der Waals surface area contributed by atoms with Crippen molar-refractivity contribution < 1.29 is 18.3 Å². The minimum absolute atomic E-state index is 0.0604. The summed E-state index contributed by atoms with van der Waals surface area (Å²) in [6.45, 7) is 4.64. The number of aryl methyl sites for hydroxylation is 1. The number of rotatable bonds is 4. The summed E-state index contributed by atoms with van der Waals surface area (Å²) in [5.41, 5.74) is 0. The maximum Gasteiger partial charge on any atom is 0.244 e. The summed E-state index contributed by atoms with van der Waals surface area (Å²) in [4.78, 5) is 1.72. The molecule has 1 fully saturated rings. The number of thiophene rings is 1. The Morgan fingerprint density at radius 3 is 2.80 bits per heavy atom. The smallest absolute Gasteiger partial charge is 0.244 e. The van der Waals surface area contributed by atoms with Gasteiger partial charge in [-0.3, -0.25) is 0 Å². The summed E-state index contributed by atoms with van der Waals surface area (Å²) in [6, 6.07) is 1.58. The van der Waals surface area contributed by atoms with Gasteiger partial charge in [0.2, 0.25) is 10.0 Å². The zero-order valence-electron chi connectivity index (χ0n) is 12.0. The van der Waals surface area contributed by atoms with Crippen LogP contribution in [-0.2, 0) is 21.4 Å². The number of aliphatic hydroxyl groups is 1. The highest BCUT2D eigenvalue weighted by molar-refractivity contribution is 7.89. The second-order valence-electron chi connectivity index (χ2n) is 5.19. The molecule has 0 spiro atoms. The zero-order chi connectivity index (χ0) is 14.9. The average molecular weight is 319 g/mol. The van der Waals surface area contributed by atoms with Crippen LogP contribution >= 0.6 is 11.3 Å². The van der Waals surface area contributed by atoms with Gasteiger partial charge in [0.1, 0.15) is 0 Å². The maximum absolute atomic E-state index is 12.7. The quantitative estimate of drug-likeness (QED) is 0.915. The van der Waals surface area contributed by atoms with E-state index in [1.807, 2.05) is 0 Å². The topological polar surface area (TPSA) is 66.8 Å². The third-order valence-corrected chi connectivity index (χ3v) is 7.01. The van der Waals surface area contributed by atoms with E-state index in [2.05, 4.69) is 6.92 Å². The Hall–Kier alpha value is -0.470. The molecule has 0 bridgehead atoms. The summed E-state index contributed by atoms with van der Waals surface area (Å²) in [7, 11) is -1.87. The van der Waals surface area contributed by atoms with Crippen molar-refractivity contribution in [2.24, 2.45) is 5.92 Å². The number of sulfonamides is 1. The van der Waals surface area contributed by atoms with E-state index < -0.39 is 10.0 Å². The molecule has 0 aromatic carbocycles. The van der Waals surface area contributed by atoms with Gasteiger partial charge in [-0.25, -0.2) is 8.42 Å². The van der Waals surface area contributed by atoms with Crippen molar-refractivity contribution >= 4 is 21.4 Å². The zero-order valence-corrected chi connectivity index (χ0v) is 13.6. The molecule has 2 heterocycles. The van der Waals surface area contributed by atoms with Crippen LogP contribution in [0.15, 0.2) is 11.0 Å². The first-order valence-corrected chi connectivity index (χ1v) is 8.89. The van der Waals surface area contributed by atoms with E-state index in [4.69, 9.17) is 9.84 Å². The van der Waals surface area contributed by atoms with Crippen LogP contribution in [0.5, 0.6) is 0 Å². The van der Waals surface area contributed by atoms with Crippen molar-refractivity contribution in [3.8, 4) is 0 Å². The highest BCUT2D eigenvalue weighted by Gasteiger charge is 2.35. The number of hydrogen-bond donors (Lipinski definition) is 1. The van der Waals surface area contributed by atoms with Gasteiger partial charge in [-0.2, -0.15) is 4.31 Å². The Bertz CT molecular complexity index is 567. The van der Waals surface area contributed by atoms with Crippen molar-refractivity contribution in [2.75, 3.05) is 20.2 Å². The minimum atomic E-state index is -3.50. The fourth-order valence-electron chi connectivity index (χ4n) is 2.53. The van der Waals surface area contributed by atoms with Gasteiger partial charge >= 0.3 is 0 Å². The Morgan fingerprint density at radius 1 is 1.55 bits per heavy atom. The molecule has 0 saturated carbocycles. The van der Waals surface area contributed by atoms with Crippen LogP contribution in [0.25, 0.3) is 0 Å². The third kappa shape index (κ3) is 2.92. The summed E-state index contributed by atoms with van der Waals surface area (Å²) in [6.07, 6.45) is 0.739. The van der Waals surface area contributed by atoms with Crippen molar-refractivity contribution in [2.45, 2.75) is 37.9 Å². The van der Waals surface area contributed by atoms with Crippen LogP contribution in [0.3, 0.4) is 0 Å². The number of nitrogens with zero attached hydrogens (tertiary/aromatic N) is 1. The van der Waals surface area contributed by atoms with Gasteiger partial charge in [-0.15, -0.1) is 11.3 Å².